The largest absolute Gasteiger partial charge is 0.507 e. The molecule has 2 amide bonds. The van der Waals surface area contributed by atoms with Gasteiger partial charge >= 0.3 is 0 Å². The second kappa shape index (κ2) is 22.5. The number of hydrogen-bond donors (Lipinski definition) is 4. The number of nitrogen functional groups attached to an aromatic ring is 1. The van der Waals surface area contributed by atoms with Crippen LogP contribution in [0.4, 0.5) is 17.2 Å². The van der Waals surface area contributed by atoms with Gasteiger partial charge in [0.25, 0.3) is 5.88 Å². The Hall–Kier alpha value is -7.00. The molecule has 10 rings (SSSR count). The van der Waals surface area contributed by atoms with E-state index in [-0.39, 0.29) is 54.6 Å². The highest BCUT2D eigenvalue weighted by Gasteiger charge is 2.44. The summed E-state index contributed by atoms with van der Waals surface area (Å²) in [7, 11) is 1.83. The quantitative estimate of drug-likeness (QED) is 0.0847. The third-order valence-electron chi connectivity index (χ3n) is 15.1. The molecule has 4 aromatic heterocycles. The molecule has 8 heterocycles. The van der Waals surface area contributed by atoms with Gasteiger partial charge in [-0.05, 0) is 60.7 Å². The molecule has 75 heavy (non-hydrogen) atoms. The lowest BCUT2D eigenvalue weighted by Gasteiger charge is -2.43. The monoisotopic (exact) mass is 1040 g/mol. The van der Waals surface area contributed by atoms with E-state index in [9.17, 15) is 19.8 Å². The second-order valence-corrected chi connectivity index (χ2v) is 20.9. The third-order valence-corrected chi connectivity index (χ3v) is 15.4. The molecular formula is C54H66ClN13O7. The van der Waals surface area contributed by atoms with E-state index < -0.39 is 18.1 Å². The number of likely N-dealkylation sites (tertiary alicyclic amines) is 1. The molecule has 2 unspecified atom stereocenters. The van der Waals surface area contributed by atoms with Gasteiger partial charge in [0.1, 0.15) is 30.9 Å². The summed E-state index contributed by atoms with van der Waals surface area (Å²) >= 11 is 6.35. The number of hydrogen-bond acceptors (Lipinski definition) is 17. The molecule has 0 aliphatic carbocycles. The minimum atomic E-state index is -0.855. The van der Waals surface area contributed by atoms with Gasteiger partial charge in [0.05, 0.1) is 40.4 Å². The number of nitrogens with zero attached hydrogens (tertiary/aromatic N) is 11. The number of rotatable bonds is 18. The van der Waals surface area contributed by atoms with E-state index in [0.29, 0.717) is 59.4 Å². The number of β-amino-alcohol motifs (C(OH)–C–C–N with tert-alkyl or cyclic N) is 1. The Labute approximate surface area is 441 Å². The minimum Gasteiger partial charge on any atom is -0.507 e. The van der Waals surface area contributed by atoms with Gasteiger partial charge in [0, 0.05) is 120 Å². The number of halogens is 1. The molecule has 6 aromatic rings. The SMILES string of the molecule is CC(C)[C@@H](C(=O)N1C[C@H](O)C[C@H]1C(=O)N[C@@H](C)c1ccc(-c2c(Cl)cnn2C)cc1)c1cc(OCCN2CCN(CCOc3cc(N4C5CCC4CN(c4cc(-c6ccccc6O)nnc4N)C5)ccn3)CC2)no1. The van der Waals surface area contributed by atoms with Crippen LogP contribution in [0, 0.1) is 5.92 Å². The van der Waals surface area contributed by atoms with Crippen LogP contribution in [0.1, 0.15) is 63.3 Å². The van der Waals surface area contributed by atoms with Gasteiger partial charge in [-0.15, -0.1) is 10.2 Å². The highest BCUT2D eigenvalue weighted by Crippen LogP contribution is 2.40. The highest BCUT2D eigenvalue weighted by atomic mass is 35.5. The summed E-state index contributed by atoms with van der Waals surface area (Å²) in [6.45, 7) is 13.2. The van der Waals surface area contributed by atoms with E-state index in [4.69, 9.17) is 31.3 Å². The van der Waals surface area contributed by atoms with Crippen molar-refractivity contribution in [2.75, 3.05) is 87.7 Å². The van der Waals surface area contributed by atoms with E-state index in [2.05, 4.69) is 62.5 Å². The molecule has 20 nitrogen and oxygen atoms in total. The fourth-order valence-corrected chi connectivity index (χ4v) is 11.5. The summed E-state index contributed by atoms with van der Waals surface area (Å²) < 4.78 is 19.7. The molecule has 0 spiro atoms. The number of aliphatic hydroxyl groups is 1. The van der Waals surface area contributed by atoms with Crippen molar-refractivity contribution in [3.63, 3.8) is 0 Å². The van der Waals surface area contributed by atoms with Crippen LogP contribution in [-0.2, 0) is 16.6 Å². The molecule has 5 N–H and O–H groups in total. The number of piperazine rings is 2. The number of aromatic hydroxyl groups is 1. The van der Waals surface area contributed by atoms with Gasteiger partial charge in [0.15, 0.2) is 11.6 Å². The molecule has 396 valence electrons. The van der Waals surface area contributed by atoms with Crippen molar-refractivity contribution in [2.45, 2.75) is 76.2 Å². The first-order chi connectivity index (χ1) is 36.3. The van der Waals surface area contributed by atoms with Gasteiger partial charge in [-0.2, -0.15) is 5.10 Å². The maximum Gasteiger partial charge on any atom is 0.254 e. The third kappa shape index (κ3) is 11.3. The lowest BCUT2D eigenvalue weighted by Crippen LogP contribution is -2.54. The Morgan fingerprint density at radius 2 is 1.59 bits per heavy atom. The number of nitrogens with two attached hydrogens (primary N) is 1. The zero-order chi connectivity index (χ0) is 52.3. The summed E-state index contributed by atoms with van der Waals surface area (Å²) in [5, 5.41) is 41.7. The van der Waals surface area contributed by atoms with Gasteiger partial charge in [0.2, 0.25) is 17.7 Å². The number of phenolic OH excluding ortho intramolecular Hbond substituents is 1. The Morgan fingerprint density at radius 1 is 0.893 bits per heavy atom. The van der Waals surface area contributed by atoms with Crippen molar-refractivity contribution in [3.05, 3.63) is 102 Å². The second-order valence-electron chi connectivity index (χ2n) is 20.4. The van der Waals surface area contributed by atoms with Crippen molar-refractivity contribution in [2.24, 2.45) is 13.0 Å². The lowest BCUT2D eigenvalue weighted by molar-refractivity contribution is -0.141. The number of aromatic nitrogens is 6. The van der Waals surface area contributed by atoms with Gasteiger partial charge in [-0.3, -0.25) is 24.1 Å². The Morgan fingerprint density at radius 3 is 2.25 bits per heavy atom. The number of aryl methyl sites for hydroxylation is 1. The maximum absolute atomic E-state index is 14.3. The van der Waals surface area contributed by atoms with Crippen molar-refractivity contribution < 1.29 is 33.8 Å². The topological polar surface area (TPSA) is 230 Å². The summed E-state index contributed by atoms with van der Waals surface area (Å²) in [5.74, 6) is 0.202. The van der Waals surface area contributed by atoms with Gasteiger partial charge in [-0.1, -0.05) is 61.8 Å². The molecule has 21 heteroatoms. The lowest BCUT2D eigenvalue weighted by atomic mass is 9.91. The van der Waals surface area contributed by atoms with Crippen LogP contribution in [-0.4, -0.2) is 163 Å². The van der Waals surface area contributed by atoms with Crippen LogP contribution < -0.4 is 30.3 Å². The van der Waals surface area contributed by atoms with Crippen molar-refractivity contribution >= 4 is 40.6 Å². The number of para-hydroxylation sites is 1. The number of phenols is 1. The molecule has 4 fully saturated rings. The average molecular weight is 1040 g/mol. The van der Waals surface area contributed by atoms with Gasteiger partial charge < -0.3 is 50.0 Å². The highest BCUT2D eigenvalue weighted by molar-refractivity contribution is 6.33. The molecule has 6 atom stereocenters. The number of carbonyl (C=O) groups excluding carboxylic acids is 2. The van der Waals surface area contributed by atoms with Crippen molar-refractivity contribution in [3.8, 4) is 40.0 Å². The molecule has 4 aliphatic rings. The van der Waals surface area contributed by atoms with E-state index in [0.717, 1.165) is 86.9 Å². The molecule has 0 radical (unpaired) electrons. The van der Waals surface area contributed by atoms with E-state index in [1.54, 1.807) is 29.1 Å². The zero-order valence-corrected chi connectivity index (χ0v) is 43.6. The number of nitrogens with one attached hydrogen (secondary N) is 1. The summed E-state index contributed by atoms with van der Waals surface area (Å²) in [5.41, 5.74) is 12.1. The Balaban J connectivity index is 0.656. The molecule has 0 saturated carbocycles. The van der Waals surface area contributed by atoms with E-state index >= 15 is 0 Å². The number of fused-ring (bicyclic) bond motifs is 2. The zero-order valence-electron chi connectivity index (χ0n) is 42.8. The molecule has 2 aromatic carbocycles. The average Bonchev–Trinajstić information content (AvgIpc) is 4.19. The van der Waals surface area contributed by atoms with Crippen LogP contribution in [0.5, 0.6) is 17.5 Å². The molecular weight excluding hydrogens is 978 g/mol. The Kier molecular flexibility index (Phi) is 15.4. The van der Waals surface area contributed by atoms with Crippen LogP contribution in [0.15, 0.2) is 89.7 Å². The predicted octanol–water partition coefficient (Wildman–Crippen LogP) is 5.38. The number of aliphatic hydroxyl groups excluding tert-OH is 1. The first-order valence-electron chi connectivity index (χ1n) is 25.9. The number of amides is 2. The summed E-state index contributed by atoms with van der Waals surface area (Å²) in [6.07, 6.45) is 4.83. The van der Waals surface area contributed by atoms with Crippen LogP contribution in [0.25, 0.3) is 22.5 Å². The first-order valence-corrected chi connectivity index (χ1v) is 26.3. The summed E-state index contributed by atoms with van der Waals surface area (Å²) in [6, 6.07) is 21.9. The number of carbonyl (C=O) groups is 2. The van der Waals surface area contributed by atoms with E-state index in [1.165, 1.54) is 4.90 Å². The van der Waals surface area contributed by atoms with Crippen molar-refractivity contribution in [1.82, 2.24) is 50.1 Å². The normalized spacial score (nSPS) is 20.9. The summed E-state index contributed by atoms with van der Waals surface area (Å²) in [4.78, 5) is 43.6. The van der Waals surface area contributed by atoms with Crippen molar-refractivity contribution in [1.29, 1.82) is 0 Å². The van der Waals surface area contributed by atoms with Crippen LogP contribution >= 0.6 is 11.6 Å². The Bertz CT molecular complexity index is 2910. The molecule has 2 bridgehead atoms. The van der Waals surface area contributed by atoms with E-state index in [1.807, 2.05) is 76.5 Å². The number of anilines is 3. The first kappa shape index (κ1) is 51.5. The fraction of sp³-hybridized carbons (Fsp3) is 0.463. The smallest absolute Gasteiger partial charge is 0.254 e. The van der Waals surface area contributed by atoms with Crippen LogP contribution in [0.3, 0.4) is 0 Å². The van der Waals surface area contributed by atoms with Crippen LogP contribution in [0.2, 0.25) is 5.02 Å². The predicted molar refractivity (Wildman–Crippen MR) is 284 cm³/mol. The fourth-order valence-electron chi connectivity index (χ4n) is 11.2. The molecule has 4 saturated heterocycles. The maximum atomic E-state index is 14.3. The molecule has 4 aliphatic heterocycles. The number of ether oxygens (including phenoxy) is 2. The standard InChI is InChI=1S/C54H66ClN13O7/c1-33(2)50(54(72)67-32-40(69)26-45(67)53(71)59-34(3)35-9-11-36(12-10-35)51-42(55)29-58-63(51)4)47-28-49(62-75-47)74-24-22-65-19-17-64(18-20-65)21-23-73-48-25-37(15-16-57-48)68-38-13-14-39(68)31-66(30-38)44-27-43(60-61-52(44)56)41-7-5-6-8-46(41)70/h5-12,15-16,25,27-29,33-34,38-40,45,50,69-70H,13-14,17-24,26,30-32H2,1-4H3,(H2,56,61)(H,59,71)/t34-,38?,39?,40+,45-,50+/m0/s1. The number of benzene rings is 2. The van der Waals surface area contributed by atoms with Gasteiger partial charge in [-0.25, -0.2) is 4.98 Å². The minimum absolute atomic E-state index is 0.0353. The number of pyridine rings is 1.